The van der Waals surface area contributed by atoms with Crippen LogP contribution in [0.5, 0.6) is 0 Å². The number of fused-ring (bicyclic) bond motifs is 2. The maximum atomic E-state index is 12.0. The highest BCUT2D eigenvalue weighted by Crippen LogP contribution is 2.65. The molecule has 6 heterocycles. The number of thiazole rings is 1. The Bertz CT molecular complexity index is 2350. The van der Waals surface area contributed by atoms with E-state index >= 15 is 0 Å². The molecule has 2 aromatic rings. The first-order chi connectivity index (χ1) is 30.0. The first kappa shape index (κ1) is 45.1. The van der Waals surface area contributed by atoms with E-state index in [9.17, 15) is 10.5 Å². The van der Waals surface area contributed by atoms with Crippen LogP contribution in [0.4, 0.5) is 5.13 Å². The molecule has 0 aromatic carbocycles. The quantitative estimate of drug-likeness (QED) is 0.0862. The summed E-state index contributed by atoms with van der Waals surface area (Å²) in [4.78, 5) is 15.0. The number of rotatable bonds is 13. The van der Waals surface area contributed by atoms with Crippen LogP contribution >= 0.6 is 11.3 Å². The second-order valence-electron chi connectivity index (χ2n) is 20.7. The number of likely N-dealkylation sites (tertiary alicyclic amines) is 3. The fraction of sp³-hybridized carbons (Fsp3) is 0.600. The zero-order valence-electron chi connectivity index (χ0n) is 39.0. The normalized spacial score (nSPS) is 31.3. The average Bonchev–Trinajstić information content (AvgIpc) is 4.07. The molecule has 0 radical (unpaired) electrons. The molecule has 340 valence electrons. The molecule has 2 aromatic heterocycles. The summed E-state index contributed by atoms with van der Waals surface area (Å²) in [5, 5.41) is 31.5. The van der Waals surface area contributed by atoms with Gasteiger partial charge in [0.2, 0.25) is 11.0 Å². The number of nitrogens with two attached hydrogens (primary N) is 1. The minimum atomic E-state index is -0.0815. The number of nitrogens with one attached hydrogen (secondary N) is 3. The number of quaternary nitrogens is 1. The molecule has 2 saturated carbocycles. The van der Waals surface area contributed by atoms with Crippen molar-refractivity contribution in [1.29, 1.82) is 5.41 Å². The number of amidine groups is 2. The zero-order chi connectivity index (χ0) is 44.7. The highest BCUT2D eigenvalue weighted by Gasteiger charge is 2.58. The van der Waals surface area contributed by atoms with Gasteiger partial charge >= 0.3 is 0 Å². The summed E-state index contributed by atoms with van der Waals surface area (Å²) in [6.45, 7) is 29.5. The summed E-state index contributed by atoms with van der Waals surface area (Å²) in [5.41, 5.74) is 12.3. The van der Waals surface area contributed by atoms with Gasteiger partial charge in [0.05, 0.1) is 36.8 Å². The number of hydrogen-bond acceptors (Lipinski definition) is 9. The number of piperidine rings is 1. The molecule has 2 aliphatic carbocycles. The van der Waals surface area contributed by atoms with Crippen molar-refractivity contribution in [2.75, 3.05) is 45.9 Å². The van der Waals surface area contributed by atoms with Crippen molar-refractivity contribution in [2.45, 2.75) is 131 Å². The third-order valence-corrected chi connectivity index (χ3v) is 16.0. The maximum absolute atomic E-state index is 12.0. The molecule has 0 spiro atoms. The van der Waals surface area contributed by atoms with Crippen molar-refractivity contribution < 1.29 is 14.7 Å². The van der Waals surface area contributed by atoms with Crippen molar-refractivity contribution in [3.8, 4) is 0 Å². The summed E-state index contributed by atoms with van der Waals surface area (Å²) in [5.74, 6) is 1.69. The summed E-state index contributed by atoms with van der Waals surface area (Å²) in [6, 6.07) is 0. The van der Waals surface area contributed by atoms with Gasteiger partial charge in [-0.25, -0.2) is 9.98 Å². The predicted octanol–water partition coefficient (Wildman–Crippen LogP) is 6.59. The minimum absolute atomic E-state index is 0.0815. The minimum Gasteiger partial charge on any atom is -0.493 e. The number of aliphatic hydroxyl groups excluding tert-OH is 1. The van der Waals surface area contributed by atoms with E-state index in [-0.39, 0.29) is 27.7 Å². The van der Waals surface area contributed by atoms with Gasteiger partial charge in [-0.2, -0.15) is 5.10 Å². The fourth-order valence-corrected chi connectivity index (χ4v) is 13.7. The standard InChI is InChI=1S/C50H72N10O2S/c1-9-16-40-36(5)63-46(54-40)56-43(51)34(3)37-17-15-24-59(44(37)52)41-19-18-38(42(55-41)45(61)58-22-13-14-23-58)39-27-53-60(35(39)4)33-50(10-2)31-47(6)28-48(7,32-50)30-49(8,29-47)62-26-25-57-20-11-12-21-57/h9,16,18-19,27,52,55,61H,1,5,10-15,17,20-26,28-33H2,2-4,6-8H3,(H2,51,54,56)/p+1/b37-34-,40-16+,45-42+,52-44?. The molecular weight excluding hydrogens is 805 g/mol. The first-order valence-electron chi connectivity index (χ1n) is 23.6. The second-order valence-corrected chi connectivity index (χ2v) is 21.8. The molecule has 6 aliphatic rings. The van der Waals surface area contributed by atoms with Gasteiger partial charge in [-0.15, -0.1) is 0 Å². The molecule has 12 nitrogen and oxygen atoms in total. The number of aromatic nitrogens is 3. The Balaban J connectivity index is 1.05. The predicted molar refractivity (Wildman–Crippen MR) is 257 cm³/mol. The number of allylic oxidation sites excluding steroid dienone is 4. The van der Waals surface area contributed by atoms with E-state index in [1.807, 2.05) is 30.2 Å². The Hall–Kier alpha value is -4.46. The summed E-state index contributed by atoms with van der Waals surface area (Å²) in [6.07, 6.45) is 22.9. The lowest BCUT2D eigenvalue weighted by atomic mass is 9.46. The van der Waals surface area contributed by atoms with Crippen molar-refractivity contribution in [1.82, 2.24) is 29.9 Å². The van der Waals surface area contributed by atoms with Crippen LogP contribution in [0.15, 0.2) is 64.5 Å². The van der Waals surface area contributed by atoms with E-state index in [0.717, 1.165) is 115 Å². The molecule has 2 unspecified atom stereocenters. The van der Waals surface area contributed by atoms with E-state index in [1.165, 1.54) is 56.5 Å². The highest BCUT2D eigenvalue weighted by atomic mass is 32.1. The molecule has 5 fully saturated rings. The van der Waals surface area contributed by atoms with Crippen molar-refractivity contribution in [3.05, 3.63) is 80.7 Å². The van der Waals surface area contributed by atoms with Crippen molar-refractivity contribution in [3.63, 3.8) is 0 Å². The number of dihydropyridines is 1. The largest absolute Gasteiger partial charge is 0.493 e. The van der Waals surface area contributed by atoms with Crippen LogP contribution in [0, 0.1) is 28.6 Å². The number of hydrogen-bond donors (Lipinski definition) is 5. The Morgan fingerprint density at radius 2 is 1.78 bits per heavy atom. The van der Waals surface area contributed by atoms with E-state index in [4.69, 9.17) is 15.6 Å². The molecule has 3 saturated heterocycles. The lowest BCUT2D eigenvalue weighted by Crippen LogP contribution is -3.10. The Labute approximate surface area is 379 Å². The SMILES string of the molecule is C=C/C=c1/nc(/N=C(N)/C(C)=C2/CCCN(C3=CC=C(c4cnn(CC5(CC)CC6(C)CC(C)(C5)CC(C)(OCC[NH+]5CCCC5)C6)c4C)/C(=C(\O)N4CCCC4)N3)C2=N)sc1=C. The van der Waals surface area contributed by atoms with Crippen LogP contribution in [0.2, 0.25) is 0 Å². The van der Waals surface area contributed by atoms with Gasteiger partial charge < -0.3 is 35.6 Å². The third kappa shape index (κ3) is 9.38. The molecule has 13 heteroatoms. The topological polar surface area (TPSA) is 145 Å². The summed E-state index contributed by atoms with van der Waals surface area (Å²) >= 11 is 1.38. The van der Waals surface area contributed by atoms with Crippen molar-refractivity contribution in [2.24, 2.45) is 27.0 Å². The van der Waals surface area contributed by atoms with Crippen LogP contribution < -0.4 is 25.8 Å². The monoisotopic (exact) mass is 878 g/mol. The van der Waals surface area contributed by atoms with Gasteiger partial charge in [0, 0.05) is 66.0 Å². The molecule has 0 amide bonds. The molecular formula is C50H73N10O2S+. The summed E-state index contributed by atoms with van der Waals surface area (Å²) in [7, 11) is 0. The Morgan fingerprint density at radius 3 is 2.46 bits per heavy atom. The van der Waals surface area contributed by atoms with E-state index in [1.54, 1.807) is 11.0 Å². The highest BCUT2D eigenvalue weighted by molar-refractivity contribution is 7.13. The zero-order valence-corrected chi connectivity index (χ0v) is 39.8. The van der Waals surface area contributed by atoms with E-state index < -0.39 is 0 Å². The van der Waals surface area contributed by atoms with Gasteiger partial charge in [-0.3, -0.25) is 10.1 Å². The maximum Gasteiger partial charge on any atom is 0.212 e. The Morgan fingerprint density at radius 1 is 1.06 bits per heavy atom. The van der Waals surface area contributed by atoms with E-state index in [2.05, 4.69) is 78.7 Å². The molecule has 2 atom stereocenters. The number of ether oxygens (including phenoxy) is 1. The number of nitrogens with zero attached hydrogens (tertiary/aromatic N) is 6. The molecule has 4 aliphatic heterocycles. The first-order valence-corrected chi connectivity index (χ1v) is 24.4. The molecule has 63 heavy (non-hydrogen) atoms. The van der Waals surface area contributed by atoms with Crippen LogP contribution in [-0.2, 0) is 11.3 Å². The van der Waals surface area contributed by atoms with E-state index in [0.29, 0.717) is 35.5 Å². The lowest BCUT2D eigenvalue weighted by molar-refractivity contribution is -0.888. The van der Waals surface area contributed by atoms with Crippen LogP contribution in [0.3, 0.4) is 0 Å². The van der Waals surface area contributed by atoms with Crippen LogP contribution in [-0.4, -0.2) is 92.8 Å². The van der Waals surface area contributed by atoms with Crippen LogP contribution in [0.1, 0.15) is 123 Å². The fourth-order valence-electron chi connectivity index (χ4n) is 13.0. The van der Waals surface area contributed by atoms with Gasteiger partial charge in [-0.05, 0) is 125 Å². The van der Waals surface area contributed by atoms with Gasteiger partial charge in [0.25, 0.3) is 0 Å². The average molecular weight is 878 g/mol. The van der Waals surface area contributed by atoms with Crippen LogP contribution in [0.25, 0.3) is 18.2 Å². The summed E-state index contributed by atoms with van der Waals surface area (Å²) < 4.78 is 9.91. The second kappa shape index (κ2) is 17.8. The van der Waals surface area contributed by atoms with Gasteiger partial charge in [0.1, 0.15) is 29.7 Å². The molecule has 6 N–H and O–H groups in total. The molecule has 8 rings (SSSR count). The van der Waals surface area contributed by atoms with Gasteiger partial charge in [0.15, 0.2) is 0 Å². The number of aliphatic imine (C=N–C) groups is 1. The smallest absolute Gasteiger partial charge is 0.212 e. The Kier molecular flexibility index (Phi) is 12.8. The number of aliphatic hydroxyl groups is 1. The third-order valence-electron chi connectivity index (χ3n) is 15.2. The van der Waals surface area contributed by atoms with Gasteiger partial charge in [-0.1, -0.05) is 51.3 Å². The van der Waals surface area contributed by atoms with Crippen molar-refractivity contribution >= 4 is 46.4 Å². The molecule has 2 bridgehead atoms. The lowest BCUT2D eigenvalue weighted by Gasteiger charge is -2.61.